The number of amides is 3. The van der Waals surface area contributed by atoms with Gasteiger partial charge < -0.3 is 14.8 Å². The number of benzene rings is 2. The van der Waals surface area contributed by atoms with Crippen molar-refractivity contribution in [3.63, 3.8) is 0 Å². The number of nitrogens with zero attached hydrogens (tertiary/aromatic N) is 1. The number of hydrogen-bond donors (Lipinski definition) is 2. The van der Waals surface area contributed by atoms with Gasteiger partial charge in [-0.3, -0.25) is 10.1 Å². The summed E-state index contributed by atoms with van der Waals surface area (Å²) in [4.78, 5) is 29.6. The first-order chi connectivity index (χ1) is 16.6. The summed E-state index contributed by atoms with van der Waals surface area (Å²) in [7, 11) is 1.43. The van der Waals surface area contributed by atoms with Gasteiger partial charge in [-0.25, -0.2) is 14.2 Å². The van der Waals surface area contributed by atoms with Crippen molar-refractivity contribution in [2.75, 3.05) is 7.05 Å². The van der Waals surface area contributed by atoms with Crippen LogP contribution in [0.4, 0.5) is 9.18 Å². The minimum absolute atomic E-state index is 0.0242. The summed E-state index contributed by atoms with van der Waals surface area (Å²) in [6.45, 7) is 7.34. The molecule has 182 valence electrons. The maximum absolute atomic E-state index is 14.8. The molecule has 0 spiro atoms. The lowest BCUT2D eigenvalue weighted by molar-refractivity contribution is -0.128. The molecule has 0 aliphatic carbocycles. The highest BCUT2D eigenvalue weighted by atomic mass is 19.1. The lowest BCUT2D eigenvalue weighted by atomic mass is 9.69. The number of aromatic nitrogens is 1. The number of ether oxygens (including phenoxy) is 2. The molecule has 1 aliphatic rings. The maximum Gasteiger partial charge on any atom is 0.321 e. The quantitative estimate of drug-likeness (QED) is 0.514. The molecule has 2 N–H and O–H groups in total. The monoisotopic (exact) mass is 477 g/mol. The maximum atomic E-state index is 14.8. The number of para-hydroxylation sites is 1. The molecule has 2 aromatic carbocycles. The first kappa shape index (κ1) is 24.2. The molecule has 0 unspecified atom stereocenters. The van der Waals surface area contributed by atoms with Gasteiger partial charge >= 0.3 is 6.03 Å². The second-order valence-corrected chi connectivity index (χ2v) is 9.23. The van der Waals surface area contributed by atoms with E-state index in [9.17, 15) is 14.0 Å². The Kier molecular flexibility index (Phi) is 6.47. The number of halogens is 1. The van der Waals surface area contributed by atoms with Gasteiger partial charge in [0.05, 0.1) is 17.2 Å². The smallest absolute Gasteiger partial charge is 0.321 e. The number of nitrogens with one attached hydrogen (secondary N) is 2. The minimum atomic E-state index is -1.13. The van der Waals surface area contributed by atoms with Gasteiger partial charge in [0.1, 0.15) is 5.75 Å². The molecule has 3 amide bonds. The summed E-state index contributed by atoms with van der Waals surface area (Å²) in [5.41, 5.74) is 1.47. The predicted octanol–water partition coefficient (Wildman–Crippen LogP) is 5.39. The Morgan fingerprint density at radius 1 is 1.06 bits per heavy atom. The number of imide groups is 1. The Morgan fingerprint density at radius 2 is 1.77 bits per heavy atom. The van der Waals surface area contributed by atoms with E-state index in [2.05, 4.69) is 15.6 Å². The zero-order valence-corrected chi connectivity index (χ0v) is 20.3. The standard InChI is InChI=1S/C27H28FN3O4/c1-15(2)34-17-11-9-16(10-12-17)21-14-13-19-22(27(3,4)25(32)31-26(33)29-5)18-7-6-8-20(28)23(18)35-24(19)30-21/h6-15,22H,1-5H3,(H2,29,31,32,33)/t22-/m0/s1. The van der Waals surface area contributed by atoms with Crippen molar-refractivity contribution in [2.24, 2.45) is 5.41 Å². The molecule has 2 heterocycles. The lowest BCUT2D eigenvalue weighted by Crippen LogP contribution is -2.47. The van der Waals surface area contributed by atoms with Gasteiger partial charge in [0.25, 0.3) is 0 Å². The van der Waals surface area contributed by atoms with Gasteiger partial charge in [-0.1, -0.05) is 32.0 Å². The number of rotatable bonds is 5. The topological polar surface area (TPSA) is 89.6 Å². The largest absolute Gasteiger partial charge is 0.491 e. The number of carbonyl (C=O) groups is 2. The molecule has 8 heteroatoms. The Morgan fingerprint density at radius 3 is 2.43 bits per heavy atom. The van der Waals surface area contributed by atoms with Crippen LogP contribution in [0.5, 0.6) is 17.4 Å². The van der Waals surface area contributed by atoms with Crippen LogP contribution in [0, 0.1) is 11.2 Å². The zero-order valence-electron chi connectivity index (χ0n) is 20.3. The van der Waals surface area contributed by atoms with E-state index in [1.165, 1.54) is 13.1 Å². The highest BCUT2D eigenvalue weighted by molar-refractivity contribution is 5.97. The molecule has 7 nitrogen and oxygen atoms in total. The van der Waals surface area contributed by atoms with E-state index >= 15 is 0 Å². The third-order valence-electron chi connectivity index (χ3n) is 5.99. The van der Waals surface area contributed by atoms with E-state index in [1.54, 1.807) is 26.0 Å². The van der Waals surface area contributed by atoms with Crippen LogP contribution in [0.2, 0.25) is 0 Å². The van der Waals surface area contributed by atoms with Crippen LogP contribution in [0.15, 0.2) is 54.6 Å². The van der Waals surface area contributed by atoms with E-state index in [-0.39, 0.29) is 17.7 Å². The fourth-order valence-electron chi connectivity index (χ4n) is 4.25. The van der Waals surface area contributed by atoms with Gasteiger partial charge in [0.2, 0.25) is 11.8 Å². The number of hydrogen-bond acceptors (Lipinski definition) is 5. The van der Waals surface area contributed by atoms with Gasteiger partial charge in [0, 0.05) is 29.7 Å². The highest BCUT2D eigenvalue weighted by Gasteiger charge is 2.45. The van der Waals surface area contributed by atoms with Crippen molar-refractivity contribution >= 4 is 11.9 Å². The first-order valence-corrected chi connectivity index (χ1v) is 11.4. The summed E-state index contributed by atoms with van der Waals surface area (Å²) in [6, 6.07) is 15.2. The van der Waals surface area contributed by atoms with Crippen LogP contribution >= 0.6 is 0 Å². The number of pyridine rings is 1. The highest BCUT2D eigenvalue weighted by Crippen LogP contribution is 2.52. The molecule has 1 aliphatic heterocycles. The molecule has 1 atom stereocenters. The van der Waals surface area contributed by atoms with Crippen LogP contribution in [0.25, 0.3) is 11.3 Å². The SMILES string of the molecule is CNC(=O)NC(=O)C(C)(C)[C@@H]1c2ccc(-c3ccc(OC(C)C)cc3)nc2Oc2c(F)cccc21. The summed E-state index contributed by atoms with van der Waals surface area (Å²) in [5, 5.41) is 4.72. The van der Waals surface area contributed by atoms with Crippen LogP contribution < -0.4 is 20.1 Å². The van der Waals surface area contributed by atoms with Crippen LogP contribution in [-0.4, -0.2) is 30.1 Å². The molecule has 0 saturated heterocycles. The Bertz CT molecular complexity index is 1270. The van der Waals surface area contributed by atoms with Gasteiger partial charge in [-0.15, -0.1) is 0 Å². The van der Waals surface area contributed by atoms with Crippen molar-refractivity contribution < 1.29 is 23.5 Å². The average Bonchev–Trinajstić information content (AvgIpc) is 2.82. The Labute approximate surface area is 203 Å². The van der Waals surface area contributed by atoms with Gasteiger partial charge in [-0.2, -0.15) is 0 Å². The molecule has 0 fully saturated rings. The minimum Gasteiger partial charge on any atom is -0.491 e. The number of fused-ring (bicyclic) bond motifs is 2. The fourth-order valence-corrected chi connectivity index (χ4v) is 4.25. The van der Waals surface area contributed by atoms with Crippen LogP contribution in [-0.2, 0) is 4.79 Å². The van der Waals surface area contributed by atoms with E-state index < -0.39 is 29.1 Å². The summed E-state index contributed by atoms with van der Waals surface area (Å²) >= 11 is 0. The fraction of sp³-hybridized carbons (Fsp3) is 0.296. The summed E-state index contributed by atoms with van der Waals surface area (Å²) in [5.74, 6) is -0.676. The van der Waals surface area contributed by atoms with Crippen molar-refractivity contribution in [3.05, 3.63) is 71.5 Å². The average molecular weight is 478 g/mol. The molecule has 1 aromatic heterocycles. The summed E-state index contributed by atoms with van der Waals surface area (Å²) in [6.07, 6.45) is 0.0620. The Balaban J connectivity index is 1.77. The van der Waals surface area contributed by atoms with Crippen molar-refractivity contribution in [1.82, 2.24) is 15.6 Å². The molecular weight excluding hydrogens is 449 g/mol. The zero-order chi connectivity index (χ0) is 25.3. The van der Waals surface area contributed by atoms with E-state index in [0.29, 0.717) is 16.8 Å². The second-order valence-electron chi connectivity index (χ2n) is 9.23. The number of urea groups is 1. The molecule has 35 heavy (non-hydrogen) atoms. The predicted molar refractivity (Wildman–Crippen MR) is 130 cm³/mol. The van der Waals surface area contributed by atoms with Crippen molar-refractivity contribution in [2.45, 2.75) is 39.7 Å². The van der Waals surface area contributed by atoms with Crippen molar-refractivity contribution in [1.29, 1.82) is 0 Å². The van der Waals surface area contributed by atoms with E-state index in [4.69, 9.17) is 9.47 Å². The lowest BCUT2D eigenvalue weighted by Gasteiger charge is -2.37. The third kappa shape index (κ3) is 4.69. The Hall–Kier alpha value is -3.94. The third-order valence-corrected chi connectivity index (χ3v) is 5.99. The normalized spacial score (nSPS) is 14.4. The molecule has 0 saturated carbocycles. The molecule has 4 rings (SSSR count). The van der Waals surface area contributed by atoms with E-state index in [1.807, 2.05) is 50.2 Å². The van der Waals surface area contributed by atoms with Crippen LogP contribution in [0.1, 0.15) is 44.7 Å². The first-order valence-electron chi connectivity index (χ1n) is 11.4. The number of carbonyl (C=O) groups excluding carboxylic acids is 2. The van der Waals surface area contributed by atoms with Crippen LogP contribution in [0.3, 0.4) is 0 Å². The van der Waals surface area contributed by atoms with E-state index in [0.717, 1.165) is 11.3 Å². The molecule has 3 aromatic rings. The molecule has 0 bridgehead atoms. The van der Waals surface area contributed by atoms with Crippen molar-refractivity contribution in [3.8, 4) is 28.6 Å². The van der Waals surface area contributed by atoms with Gasteiger partial charge in [0.15, 0.2) is 11.6 Å². The molecular formula is C27H28FN3O4. The molecule has 0 radical (unpaired) electrons. The van der Waals surface area contributed by atoms with Gasteiger partial charge in [-0.05, 0) is 50.2 Å². The summed E-state index contributed by atoms with van der Waals surface area (Å²) < 4.78 is 26.5. The second kappa shape index (κ2) is 9.37.